The Kier molecular flexibility index (Phi) is 4.05. The number of carbonyl (C=O) groups excluding carboxylic acids is 1. The summed E-state index contributed by atoms with van der Waals surface area (Å²) in [6.07, 6.45) is 0.452. The molecule has 0 aromatic heterocycles. The van der Waals surface area contributed by atoms with Gasteiger partial charge in [0.05, 0.1) is 0 Å². The summed E-state index contributed by atoms with van der Waals surface area (Å²) in [5.74, 6) is 0.118. The van der Waals surface area contributed by atoms with Crippen LogP contribution in [0.5, 0.6) is 0 Å². The number of anilines is 2. The Morgan fingerprint density at radius 1 is 0.909 bits per heavy atom. The minimum atomic E-state index is 0.118. The monoisotopic (exact) mass is 290 g/mol. The van der Waals surface area contributed by atoms with Gasteiger partial charge in [0.1, 0.15) is 0 Å². The number of ketones is 1. The van der Waals surface area contributed by atoms with Crippen LogP contribution in [-0.2, 0) is 0 Å². The third-order valence-electron chi connectivity index (χ3n) is 3.69. The number of benzene rings is 3. The number of nitrogens with two attached hydrogens (primary N) is 1. The van der Waals surface area contributed by atoms with E-state index in [4.69, 9.17) is 5.73 Å². The van der Waals surface area contributed by atoms with Crippen LogP contribution < -0.4 is 11.1 Å². The van der Waals surface area contributed by atoms with Crippen molar-refractivity contribution in [1.82, 2.24) is 0 Å². The fraction of sp³-hybridized carbons (Fsp3) is 0.105. The summed E-state index contributed by atoms with van der Waals surface area (Å²) in [7, 11) is 0. The molecule has 3 N–H and O–H groups in total. The highest BCUT2D eigenvalue weighted by Crippen LogP contribution is 2.22. The standard InChI is InChI=1S/C19H18N2O/c20-16-10-8-15(9-11-16)19(22)12-13-21-18-7-3-5-14-4-1-2-6-17(14)18/h1-11,21H,12-13,20H2. The number of fused-ring (bicyclic) bond motifs is 1. The second-order valence-electron chi connectivity index (χ2n) is 5.25. The molecule has 0 aliphatic rings. The van der Waals surface area contributed by atoms with Crippen molar-refractivity contribution < 1.29 is 4.79 Å². The summed E-state index contributed by atoms with van der Waals surface area (Å²) >= 11 is 0. The van der Waals surface area contributed by atoms with E-state index in [1.165, 1.54) is 10.8 Å². The molecular weight excluding hydrogens is 272 g/mol. The van der Waals surface area contributed by atoms with Gasteiger partial charge in [-0.15, -0.1) is 0 Å². The number of hydrogen-bond acceptors (Lipinski definition) is 3. The summed E-state index contributed by atoms with van der Waals surface area (Å²) in [5.41, 5.74) is 8.07. The molecule has 0 fully saturated rings. The Morgan fingerprint density at radius 2 is 1.64 bits per heavy atom. The zero-order valence-corrected chi connectivity index (χ0v) is 12.3. The van der Waals surface area contributed by atoms with Crippen LogP contribution in [0.15, 0.2) is 66.7 Å². The molecule has 3 rings (SSSR count). The largest absolute Gasteiger partial charge is 0.399 e. The lowest BCUT2D eigenvalue weighted by atomic mass is 10.1. The van der Waals surface area contributed by atoms with E-state index in [0.29, 0.717) is 24.2 Å². The van der Waals surface area contributed by atoms with Gasteiger partial charge in [-0.3, -0.25) is 4.79 Å². The van der Waals surface area contributed by atoms with Crippen LogP contribution in [0.4, 0.5) is 11.4 Å². The minimum Gasteiger partial charge on any atom is -0.399 e. The van der Waals surface area contributed by atoms with Crippen LogP contribution >= 0.6 is 0 Å². The second-order valence-corrected chi connectivity index (χ2v) is 5.25. The lowest BCUT2D eigenvalue weighted by Gasteiger charge is -2.09. The van der Waals surface area contributed by atoms with Gasteiger partial charge in [0.2, 0.25) is 0 Å². The van der Waals surface area contributed by atoms with E-state index in [1.54, 1.807) is 24.3 Å². The molecule has 0 saturated heterocycles. The smallest absolute Gasteiger partial charge is 0.164 e. The first kappa shape index (κ1) is 14.1. The fourth-order valence-electron chi connectivity index (χ4n) is 2.50. The van der Waals surface area contributed by atoms with Crippen LogP contribution in [0.3, 0.4) is 0 Å². The molecule has 0 aliphatic carbocycles. The molecule has 3 aromatic carbocycles. The highest BCUT2D eigenvalue weighted by Gasteiger charge is 2.06. The van der Waals surface area contributed by atoms with Gasteiger partial charge in [-0.05, 0) is 35.7 Å². The lowest BCUT2D eigenvalue weighted by molar-refractivity contribution is 0.0986. The molecule has 0 atom stereocenters. The van der Waals surface area contributed by atoms with Crippen LogP contribution in [0, 0.1) is 0 Å². The van der Waals surface area contributed by atoms with Crippen LogP contribution in [0.25, 0.3) is 10.8 Å². The number of hydrogen-bond donors (Lipinski definition) is 2. The topological polar surface area (TPSA) is 55.1 Å². The van der Waals surface area contributed by atoms with Gasteiger partial charge in [-0.2, -0.15) is 0 Å². The molecule has 22 heavy (non-hydrogen) atoms. The van der Waals surface area contributed by atoms with Crippen molar-refractivity contribution in [3.8, 4) is 0 Å². The normalized spacial score (nSPS) is 10.5. The van der Waals surface area contributed by atoms with Gasteiger partial charge in [0, 0.05) is 35.3 Å². The van der Waals surface area contributed by atoms with Gasteiger partial charge in [0.25, 0.3) is 0 Å². The highest BCUT2D eigenvalue weighted by molar-refractivity contribution is 5.97. The zero-order valence-electron chi connectivity index (χ0n) is 12.3. The van der Waals surface area contributed by atoms with Crippen molar-refractivity contribution >= 4 is 27.9 Å². The zero-order chi connectivity index (χ0) is 15.4. The number of carbonyl (C=O) groups is 1. The first-order chi connectivity index (χ1) is 10.7. The molecule has 0 heterocycles. The molecule has 110 valence electrons. The summed E-state index contributed by atoms with van der Waals surface area (Å²) in [6, 6.07) is 21.4. The molecule has 0 amide bonds. The molecule has 3 nitrogen and oxygen atoms in total. The van der Waals surface area contributed by atoms with Crippen LogP contribution in [-0.4, -0.2) is 12.3 Å². The molecule has 0 unspecified atom stereocenters. The summed E-state index contributed by atoms with van der Waals surface area (Å²) < 4.78 is 0. The molecule has 3 aromatic rings. The maximum Gasteiger partial charge on any atom is 0.164 e. The average molecular weight is 290 g/mol. The molecule has 0 radical (unpaired) electrons. The van der Waals surface area contributed by atoms with Crippen LogP contribution in [0.2, 0.25) is 0 Å². The molecular formula is C19H18N2O. The molecule has 3 heteroatoms. The van der Waals surface area contributed by atoms with Crippen molar-refractivity contribution in [1.29, 1.82) is 0 Å². The average Bonchev–Trinajstić information content (AvgIpc) is 2.55. The Bertz CT molecular complexity index is 789. The van der Waals surface area contributed by atoms with E-state index < -0.39 is 0 Å². The first-order valence-electron chi connectivity index (χ1n) is 7.34. The Morgan fingerprint density at radius 3 is 2.45 bits per heavy atom. The number of nitrogens with one attached hydrogen (secondary N) is 1. The lowest BCUT2D eigenvalue weighted by Crippen LogP contribution is -2.09. The van der Waals surface area contributed by atoms with E-state index in [9.17, 15) is 4.79 Å². The summed E-state index contributed by atoms with van der Waals surface area (Å²) in [4.78, 5) is 12.1. The van der Waals surface area contributed by atoms with Crippen molar-refractivity contribution in [3.05, 3.63) is 72.3 Å². The SMILES string of the molecule is Nc1ccc(C(=O)CCNc2cccc3ccccc23)cc1. The Hall–Kier alpha value is -2.81. The summed E-state index contributed by atoms with van der Waals surface area (Å²) in [5, 5.41) is 5.72. The molecule has 0 spiro atoms. The predicted octanol–water partition coefficient (Wildman–Crippen LogP) is 4.11. The van der Waals surface area contributed by atoms with Crippen molar-refractivity contribution in [2.45, 2.75) is 6.42 Å². The number of Topliss-reactive ketones (excluding diaryl/α,β-unsaturated/α-hetero) is 1. The molecule has 0 bridgehead atoms. The van der Waals surface area contributed by atoms with E-state index in [-0.39, 0.29) is 5.78 Å². The quantitative estimate of drug-likeness (QED) is 0.549. The van der Waals surface area contributed by atoms with Gasteiger partial charge < -0.3 is 11.1 Å². The predicted molar refractivity (Wildman–Crippen MR) is 92.2 cm³/mol. The maximum absolute atomic E-state index is 12.1. The van der Waals surface area contributed by atoms with Crippen molar-refractivity contribution in [3.63, 3.8) is 0 Å². The summed E-state index contributed by atoms with van der Waals surface area (Å²) in [6.45, 7) is 0.608. The van der Waals surface area contributed by atoms with E-state index >= 15 is 0 Å². The highest BCUT2D eigenvalue weighted by atomic mass is 16.1. The van der Waals surface area contributed by atoms with Gasteiger partial charge >= 0.3 is 0 Å². The third-order valence-corrected chi connectivity index (χ3v) is 3.69. The van der Waals surface area contributed by atoms with E-state index in [2.05, 4.69) is 23.5 Å². The minimum absolute atomic E-state index is 0.118. The molecule has 0 saturated carbocycles. The van der Waals surface area contributed by atoms with Crippen molar-refractivity contribution in [2.75, 3.05) is 17.6 Å². The number of nitrogen functional groups attached to an aromatic ring is 1. The Labute approximate surface area is 129 Å². The molecule has 0 aliphatic heterocycles. The number of rotatable bonds is 5. The fourth-order valence-corrected chi connectivity index (χ4v) is 2.50. The second kappa shape index (κ2) is 6.31. The maximum atomic E-state index is 12.1. The van der Waals surface area contributed by atoms with Gasteiger partial charge in [-0.1, -0.05) is 36.4 Å². The third kappa shape index (κ3) is 3.09. The van der Waals surface area contributed by atoms with E-state index in [0.717, 1.165) is 5.69 Å². The van der Waals surface area contributed by atoms with Gasteiger partial charge in [-0.25, -0.2) is 0 Å². The van der Waals surface area contributed by atoms with Crippen LogP contribution in [0.1, 0.15) is 16.8 Å². The van der Waals surface area contributed by atoms with E-state index in [1.807, 2.05) is 24.3 Å². The first-order valence-corrected chi connectivity index (χ1v) is 7.34. The Balaban J connectivity index is 1.65. The van der Waals surface area contributed by atoms with Gasteiger partial charge in [0.15, 0.2) is 5.78 Å². The van der Waals surface area contributed by atoms with Crippen molar-refractivity contribution in [2.24, 2.45) is 0 Å².